The molecule has 0 fully saturated rings. The zero-order valence-corrected chi connectivity index (χ0v) is 9.29. The highest BCUT2D eigenvalue weighted by atomic mass is 19.4. The van der Waals surface area contributed by atoms with Crippen LogP contribution in [-0.2, 0) is 0 Å². The molecule has 0 spiro atoms. The molecule has 17 heavy (non-hydrogen) atoms. The number of nitrogens with one attached hydrogen (secondary N) is 1. The molecule has 1 aromatic carbocycles. The topological polar surface area (TPSA) is 41.5 Å². The van der Waals surface area contributed by atoms with Gasteiger partial charge in [-0.1, -0.05) is 12.1 Å². The molecule has 0 aromatic heterocycles. The Morgan fingerprint density at radius 3 is 2.35 bits per heavy atom. The maximum atomic E-state index is 11.8. The van der Waals surface area contributed by atoms with Gasteiger partial charge in [-0.15, -0.1) is 0 Å². The zero-order chi connectivity index (χ0) is 12.9. The lowest BCUT2D eigenvalue weighted by atomic mass is 10.1. The van der Waals surface area contributed by atoms with Crippen molar-refractivity contribution in [2.24, 2.45) is 0 Å². The van der Waals surface area contributed by atoms with E-state index < -0.39 is 18.8 Å². The van der Waals surface area contributed by atoms with Crippen LogP contribution in [-0.4, -0.2) is 31.5 Å². The third kappa shape index (κ3) is 5.06. The van der Waals surface area contributed by atoms with Crippen LogP contribution in [0, 0.1) is 0 Å². The summed E-state index contributed by atoms with van der Waals surface area (Å²) in [4.78, 5) is 0. The van der Waals surface area contributed by atoms with Gasteiger partial charge in [0.15, 0.2) is 0 Å². The number of aliphatic hydroxyl groups is 1. The predicted octanol–water partition coefficient (Wildman–Crippen LogP) is 1.88. The Kier molecular flexibility index (Phi) is 4.77. The number of benzene rings is 1. The molecule has 1 unspecified atom stereocenters. The number of halogens is 3. The number of methoxy groups -OCH3 is 1. The predicted molar refractivity (Wildman–Crippen MR) is 56.9 cm³/mol. The average Bonchev–Trinajstić information content (AvgIpc) is 2.27. The SMILES string of the molecule is COc1ccc(C(O)CNCC(F)(F)F)cc1. The standard InChI is InChI=1S/C11H14F3NO2/c1-17-9-4-2-8(3-5-9)10(16)6-15-7-11(12,13)14/h2-5,10,15-16H,6-7H2,1H3. The number of ether oxygens (including phenoxy) is 1. The summed E-state index contributed by atoms with van der Waals surface area (Å²) >= 11 is 0. The largest absolute Gasteiger partial charge is 0.497 e. The van der Waals surface area contributed by atoms with E-state index >= 15 is 0 Å². The monoisotopic (exact) mass is 249 g/mol. The van der Waals surface area contributed by atoms with Gasteiger partial charge in [0.1, 0.15) is 5.75 Å². The number of rotatable bonds is 5. The minimum absolute atomic E-state index is 0.147. The third-order valence-corrected chi connectivity index (χ3v) is 2.16. The van der Waals surface area contributed by atoms with Gasteiger partial charge in [-0.05, 0) is 17.7 Å². The number of aliphatic hydroxyl groups excluding tert-OH is 1. The van der Waals surface area contributed by atoms with Crippen molar-refractivity contribution in [1.82, 2.24) is 5.32 Å². The summed E-state index contributed by atoms with van der Waals surface area (Å²) in [6.45, 7) is -1.26. The van der Waals surface area contributed by atoms with Crippen molar-refractivity contribution in [3.8, 4) is 5.75 Å². The van der Waals surface area contributed by atoms with E-state index in [-0.39, 0.29) is 6.54 Å². The van der Waals surface area contributed by atoms with Gasteiger partial charge in [-0.25, -0.2) is 0 Å². The minimum Gasteiger partial charge on any atom is -0.497 e. The molecule has 0 saturated carbocycles. The third-order valence-electron chi connectivity index (χ3n) is 2.16. The second kappa shape index (κ2) is 5.88. The van der Waals surface area contributed by atoms with Crippen molar-refractivity contribution in [3.05, 3.63) is 29.8 Å². The first-order valence-corrected chi connectivity index (χ1v) is 5.02. The Morgan fingerprint density at radius 1 is 1.29 bits per heavy atom. The molecular weight excluding hydrogens is 235 g/mol. The summed E-state index contributed by atoms with van der Waals surface area (Å²) < 4.78 is 40.5. The van der Waals surface area contributed by atoms with Crippen LogP contribution < -0.4 is 10.1 Å². The van der Waals surface area contributed by atoms with Crippen molar-refractivity contribution in [3.63, 3.8) is 0 Å². The summed E-state index contributed by atoms with van der Waals surface area (Å²) in [7, 11) is 1.51. The van der Waals surface area contributed by atoms with Crippen LogP contribution in [0.15, 0.2) is 24.3 Å². The van der Waals surface area contributed by atoms with E-state index in [0.29, 0.717) is 11.3 Å². The Labute approximate surface area is 97.2 Å². The van der Waals surface area contributed by atoms with E-state index in [1.165, 1.54) is 7.11 Å². The lowest BCUT2D eigenvalue weighted by Gasteiger charge is -2.13. The first kappa shape index (κ1) is 13.8. The van der Waals surface area contributed by atoms with Crippen LogP contribution in [0.1, 0.15) is 11.7 Å². The molecule has 0 aliphatic carbocycles. The highest BCUT2D eigenvalue weighted by Crippen LogP contribution is 2.17. The van der Waals surface area contributed by atoms with Gasteiger partial charge in [-0.3, -0.25) is 0 Å². The second-order valence-electron chi connectivity index (χ2n) is 3.54. The molecule has 96 valence electrons. The molecule has 0 aliphatic heterocycles. The number of alkyl halides is 3. The Hall–Kier alpha value is -1.27. The maximum absolute atomic E-state index is 11.8. The van der Waals surface area contributed by atoms with E-state index in [9.17, 15) is 18.3 Å². The Bertz CT molecular complexity index is 338. The highest BCUT2D eigenvalue weighted by Gasteiger charge is 2.26. The van der Waals surface area contributed by atoms with Crippen LogP contribution in [0.25, 0.3) is 0 Å². The molecule has 3 nitrogen and oxygen atoms in total. The van der Waals surface area contributed by atoms with E-state index in [1.54, 1.807) is 24.3 Å². The molecule has 1 aromatic rings. The van der Waals surface area contributed by atoms with Crippen LogP contribution in [0.2, 0.25) is 0 Å². The summed E-state index contributed by atoms with van der Waals surface area (Å²) in [6, 6.07) is 6.50. The maximum Gasteiger partial charge on any atom is 0.401 e. The first-order valence-electron chi connectivity index (χ1n) is 5.02. The molecular formula is C11H14F3NO2. The fourth-order valence-corrected chi connectivity index (χ4v) is 1.29. The smallest absolute Gasteiger partial charge is 0.401 e. The molecule has 0 heterocycles. The average molecular weight is 249 g/mol. The van der Waals surface area contributed by atoms with E-state index in [2.05, 4.69) is 5.32 Å². The van der Waals surface area contributed by atoms with Crippen LogP contribution in [0.5, 0.6) is 5.75 Å². The molecule has 1 atom stereocenters. The molecule has 2 N–H and O–H groups in total. The minimum atomic E-state index is -4.26. The molecule has 0 saturated heterocycles. The van der Waals surface area contributed by atoms with E-state index in [0.717, 1.165) is 0 Å². The van der Waals surface area contributed by atoms with Crippen LogP contribution in [0.4, 0.5) is 13.2 Å². The van der Waals surface area contributed by atoms with Gasteiger partial charge in [0.05, 0.1) is 19.8 Å². The van der Waals surface area contributed by atoms with Crippen molar-refractivity contribution < 1.29 is 23.0 Å². The van der Waals surface area contributed by atoms with Gasteiger partial charge in [-0.2, -0.15) is 13.2 Å². The van der Waals surface area contributed by atoms with Gasteiger partial charge in [0.2, 0.25) is 0 Å². The van der Waals surface area contributed by atoms with Crippen molar-refractivity contribution in [1.29, 1.82) is 0 Å². The molecule has 0 radical (unpaired) electrons. The highest BCUT2D eigenvalue weighted by molar-refractivity contribution is 5.28. The molecule has 0 bridgehead atoms. The van der Waals surface area contributed by atoms with Crippen molar-refractivity contribution in [2.75, 3.05) is 20.2 Å². The summed E-state index contributed by atoms with van der Waals surface area (Å²) in [5, 5.41) is 11.8. The van der Waals surface area contributed by atoms with Gasteiger partial charge in [0, 0.05) is 6.54 Å². The van der Waals surface area contributed by atoms with Gasteiger partial charge in [0.25, 0.3) is 0 Å². The first-order chi connectivity index (χ1) is 7.92. The summed E-state index contributed by atoms with van der Waals surface area (Å²) in [6.07, 6.45) is -5.23. The van der Waals surface area contributed by atoms with E-state index in [4.69, 9.17) is 4.74 Å². The number of hydrogen-bond acceptors (Lipinski definition) is 3. The van der Waals surface area contributed by atoms with Crippen LogP contribution >= 0.6 is 0 Å². The number of hydrogen-bond donors (Lipinski definition) is 2. The van der Waals surface area contributed by atoms with Crippen LogP contribution in [0.3, 0.4) is 0 Å². The summed E-state index contributed by atoms with van der Waals surface area (Å²) in [5.74, 6) is 0.629. The fraction of sp³-hybridized carbons (Fsp3) is 0.455. The lowest BCUT2D eigenvalue weighted by molar-refractivity contribution is -0.125. The lowest BCUT2D eigenvalue weighted by Crippen LogP contribution is -2.31. The fourth-order valence-electron chi connectivity index (χ4n) is 1.29. The van der Waals surface area contributed by atoms with Crippen molar-refractivity contribution >= 4 is 0 Å². The van der Waals surface area contributed by atoms with Crippen molar-refractivity contribution in [2.45, 2.75) is 12.3 Å². The molecule has 0 aliphatic rings. The Balaban J connectivity index is 2.43. The quantitative estimate of drug-likeness (QED) is 0.837. The summed E-state index contributed by atoms with van der Waals surface area (Å²) in [5.41, 5.74) is 0.542. The molecule has 0 amide bonds. The normalized spacial score (nSPS) is 13.5. The van der Waals surface area contributed by atoms with Gasteiger partial charge >= 0.3 is 6.18 Å². The molecule has 1 rings (SSSR count). The zero-order valence-electron chi connectivity index (χ0n) is 9.29. The second-order valence-corrected chi connectivity index (χ2v) is 3.54. The Morgan fingerprint density at radius 2 is 1.88 bits per heavy atom. The van der Waals surface area contributed by atoms with E-state index in [1.807, 2.05) is 0 Å². The van der Waals surface area contributed by atoms with Gasteiger partial charge < -0.3 is 15.2 Å². The molecule has 6 heteroatoms.